The molecule has 1 saturated heterocycles. The van der Waals surface area contributed by atoms with Gasteiger partial charge in [-0.1, -0.05) is 17.7 Å². The van der Waals surface area contributed by atoms with Gasteiger partial charge in [0.25, 0.3) is 0 Å². The molecule has 1 fully saturated rings. The van der Waals surface area contributed by atoms with Crippen molar-refractivity contribution in [2.45, 2.75) is 42.9 Å². The Labute approximate surface area is 178 Å². The van der Waals surface area contributed by atoms with Crippen molar-refractivity contribution < 1.29 is 32.6 Å². The van der Waals surface area contributed by atoms with Crippen LogP contribution in [0.4, 0.5) is 4.39 Å². The highest BCUT2D eigenvalue weighted by Crippen LogP contribution is 2.32. The third-order valence-corrected chi connectivity index (χ3v) is 7.13. The van der Waals surface area contributed by atoms with Crippen molar-refractivity contribution in [3.05, 3.63) is 58.9 Å². The summed E-state index contributed by atoms with van der Waals surface area (Å²) < 4.78 is 46.1. The SMILES string of the molecule is CC1(O)CCCN(S(=O)(=O)c2ccc(OCc3ccc(Cl)cc3F)cc2)C1C(=O)O. The van der Waals surface area contributed by atoms with Crippen LogP contribution in [0.2, 0.25) is 5.02 Å². The molecule has 0 saturated carbocycles. The highest BCUT2D eigenvalue weighted by Gasteiger charge is 2.49. The minimum atomic E-state index is -4.16. The fourth-order valence-corrected chi connectivity index (χ4v) is 5.33. The molecular weight excluding hydrogens is 437 g/mol. The van der Waals surface area contributed by atoms with Crippen LogP contribution in [-0.4, -0.2) is 47.1 Å². The van der Waals surface area contributed by atoms with Crippen LogP contribution >= 0.6 is 11.6 Å². The van der Waals surface area contributed by atoms with Gasteiger partial charge in [0, 0.05) is 17.1 Å². The number of aliphatic carboxylic acids is 1. The van der Waals surface area contributed by atoms with Crippen LogP contribution in [-0.2, 0) is 21.4 Å². The largest absolute Gasteiger partial charge is 0.489 e. The summed E-state index contributed by atoms with van der Waals surface area (Å²) in [6, 6.07) is 7.98. The molecule has 2 N–H and O–H groups in total. The molecule has 7 nitrogen and oxygen atoms in total. The van der Waals surface area contributed by atoms with Gasteiger partial charge < -0.3 is 14.9 Å². The standard InChI is InChI=1S/C20H21ClFNO6S/c1-20(26)9-2-10-23(18(20)19(24)25)30(27,28)16-7-5-15(6-8-16)29-12-13-3-4-14(21)11-17(13)22/h3-8,11,18,26H,2,9-10,12H2,1H3,(H,24,25). The Kier molecular flexibility index (Phi) is 6.37. The van der Waals surface area contributed by atoms with Crippen LogP contribution < -0.4 is 4.74 Å². The van der Waals surface area contributed by atoms with E-state index in [0.717, 1.165) is 4.31 Å². The van der Waals surface area contributed by atoms with Crippen LogP contribution in [0, 0.1) is 5.82 Å². The number of carboxylic acids is 1. The van der Waals surface area contributed by atoms with Crippen molar-refractivity contribution in [2.75, 3.05) is 6.54 Å². The Bertz CT molecular complexity index is 1040. The molecule has 0 bridgehead atoms. The van der Waals surface area contributed by atoms with Gasteiger partial charge >= 0.3 is 5.97 Å². The van der Waals surface area contributed by atoms with Crippen molar-refractivity contribution in [2.24, 2.45) is 0 Å². The molecule has 10 heteroatoms. The summed E-state index contributed by atoms with van der Waals surface area (Å²) in [6.45, 7) is 1.23. The van der Waals surface area contributed by atoms with E-state index in [4.69, 9.17) is 16.3 Å². The van der Waals surface area contributed by atoms with Gasteiger partial charge in [-0.3, -0.25) is 4.79 Å². The summed E-state index contributed by atoms with van der Waals surface area (Å²) >= 11 is 5.71. The maximum atomic E-state index is 13.8. The Balaban J connectivity index is 1.78. The zero-order valence-electron chi connectivity index (χ0n) is 16.1. The van der Waals surface area contributed by atoms with Crippen molar-refractivity contribution in [1.29, 1.82) is 0 Å². The lowest BCUT2D eigenvalue weighted by Crippen LogP contribution is -2.60. The number of nitrogens with zero attached hydrogens (tertiary/aromatic N) is 1. The number of rotatable bonds is 6. The number of ether oxygens (including phenoxy) is 1. The van der Waals surface area contributed by atoms with Gasteiger partial charge in [0.1, 0.15) is 18.2 Å². The summed E-state index contributed by atoms with van der Waals surface area (Å²) in [7, 11) is -4.16. The van der Waals surface area contributed by atoms with Crippen LogP contribution in [0.1, 0.15) is 25.3 Å². The van der Waals surface area contributed by atoms with Gasteiger partial charge in [0.15, 0.2) is 6.04 Å². The third kappa shape index (κ3) is 4.59. The maximum absolute atomic E-state index is 13.8. The predicted molar refractivity (Wildman–Crippen MR) is 107 cm³/mol. The van der Waals surface area contributed by atoms with Gasteiger partial charge in [-0.25, -0.2) is 12.8 Å². The maximum Gasteiger partial charge on any atom is 0.325 e. The normalized spacial score (nSPS) is 22.6. The molecule has 2 aromatic carbocycles. The van der Waals surface area contributed by atoms with Gasteiger partial charge in [0.2, 0.25) is 10.0 Å². The Morgan fingerprint density at radius 3 is 2.57 bits per heavy atom. The molecule has 2 aromatic rings. The van der Waals surface area contributed by atoms with Gasteiger partial charge in [0.05, 0.1) is 10.5 Å². The molecule has 1 heterocycles. The van der Waals surface area contributed by atoms with Crippen LogP contribution in [0.25, 0.3) is 0 Å². The smallest absolute Gasteiger partial charge is 0.325 e. The van der Waals surface area contributed by atoms with Crippen molar-refractivity contribution in [3.8, 4) is 5.75 Å². The number of piperidine rings is 1. The van der Waals surface area contributed by atoms with Crippen molar-refractivity contribution in [3.63, 3.8) is 0 Å². The summed E-state index contributed by atoms with van der Waals surface area (Å²) in [5, 5.41) is 20.2. The fraction of sp³-hybridized carbons (Fsp3) is 0.350. The van der Waals surface area contributed by atoms with E-state index in [2.05, 4.69) is 0 Å². The zero-order chi connectivity index (χ0) is 22.1. The Morgan fingerprint density at radius 1 is 1.30 bits per heavy atom. The lowest BCUT2D eigenvalue weighted by Gasteiger charge is -2.41. The highest BCUT2D eigenvalue weighted by atomic mass is 35.5. The lowest BCUT2D eigenvalue weighted by atomic mass is 9.88. The summed E-state index contributed by atoms with van der Waals surface area (Å²) in [5.41, 5.74) is -1.39. The van der Waals surface area contributed by atoms with Crippen LogP contribution in [0.15, 0.2) is 47.4 Å². The number of carbonyl (C=O) groups is 1. The van der Waals surface area contributed by atoms with Gasteiger partial charge in [-0.15, -0.1) is 0 Å². The van der Waals surface area contributed by atoms with E-state index >= 15 is 0 Å². The van der Waals surface area contributed by atoms with Crippen molar-refractivity contribution >= 4 is 27.6 Å². The number of aliphatic hydroxyl groups is 1. The molecule has 2 unspecified atom stereocenters. The van der Waals surface area contributed by atoms with Crippen LogP contribution in [0.3, 0.4) is 0 Å². The molecule has 0 amide bonds. The van der Waals surface area contributed by atoms with E-state index in [1.165, 1.54) is 49.4 Å². The molecule has 162 valence electrons. The quantitative estimate of drug-likeness (QED) is 0.691. The molecule has 0 spiro atoms. The molecular formula is C20H21ClFNO6S. The van der Waals surface area contributed by atoms with E-state index < -0.39 is 33.5 Å². The van der Waals surface area contributed by atoms with E-state index in [1.54, 1.807) is 0 Å². The summed E-state index contributed by atoms with van der Waals surface area (Å²) in [4.78, 5) is 11.5. The molecule has 30 heavy (non-hydrogen) atoms. The molecule has 0 aromatic heterocycles. The fourth-order valence-electron chi connectivity index (χ4n) is 3.46. The summed E-state index contributed by atoms with van der Waals surface area (Å²) in [5.74, 6) is -1.62. The minimum absolute atomic E-state index is 0.0104. The van der Waals surface area contributed by atoms with Gasteiger partial charge in [-0.05, 0) is 56.2 Å². The number of hydrogen-bond donors (Lipinski definition) is 2. The van der Waals surface area contributed by atoms with Crippen LogP contribution in [0.5, 0.6) is 5.75 Å². The first-order valence-electron chi connectivity index (χ1n) is 9.16. The lowest BCUT2D eigenvalue weighted by molar-refractivity contribution is -0.153. The number of halogens is 2. The van der Waals surface area contributed by atoms with E-state index in [0.29, 0.717) is 12.2 Å². The number of carboxylic acid groups (broad SMARTS) is 1. The molecule has 2 atom stereocenters. The molecule has 0 radical (unpaired) electrons. The van der Waals surface area contributed by atoms with E-state index in [9.17, 15) is 27.8 Å². The average Bonchev–Trinajstić information content (AvgIpc) is 2.66. The van der Waals surface area contributed by atoms with Crippen molar-refractivity contribution in [1.82, 2.24) is 4.31 Å². The first-order valence-corrected chi connectivity index (χ1v) is 11.0. The second kappa shape index (κ2) is 8.50. The Morgan fingerprint density at radius 2 is 1.97 bits per heavy atom. The monoisotopic (exact) mass is 457 g/mol. The first kappa shape index (κ1) is 22.5. The summed E-state index contributed by atoms with van der Waals surface area (Å²) in [6.07, 6.45) is 0.522. The first-order chi connectivity index (χ1) is 14.0. The average molecular weight is 458 g/mol. The molecule has 3 rings (SSSR count). The number of benzene rings is 2. The second-order valence-corrected chi connectivity index (χ2v) is 9.64. The third-order valence-electron chi connectivity index (χ3n) is 5.01. The highest BCUT2D eigenvalue weighted by molar-refractivity contribution is 7.89. The van der Waals surface area contributed by atoms with Gasteiger partial charge in [-0.2, -0.15) is 4.31 Å². The zero-order valence-corrected chi connectivity index (χ0v) is 17.7. The molecule has 1 aliphatic rings. The second-order valence-electron chi connectivity index (χ2n) is 7.31. The molecule has 0 aliphatic carbocycles. The van der Waals surface area contributed by atoms with E-state index in [1.807, 2.05) is 0 Å². The Hall–Kier alpha value is -2.20. The topological polar surface area (TPSA) is 104 Å². The molecule has 1 aliphatic heterocycles. The predicted octanol–water partition coefficient (Wildman–Crippen LogP) is 3.05. The minimum Gasteiger partial charge on any atom is -0.489 e. The number of hydrogen-bond acceptors (Lipinski definition) is 5. The number of sulfonamides is 1. The van der Waals surface area contributed by atoms with E-state index in [-0.39, 0.29) is 35.1 Å².